The van der Waals surface area contributed by atoms with Crippen molar-refractivity contribution in [3.63, 3.8) is 0 Å². The predicted molar refractivity (Wildman–Crippen MR) is 159 cm³/mol. The summed E-state index contributed by atoms with van der Waals surface area (Å²) in [5, 5.41) is 3.33. The van der Waals surface area contributed by atoms with Crippen LogP contribution in [0.15, 0.2) is 60.8 Å². The van der Waals surface area contributed by atoms with Gasteiger partial charge in [0.25, 0.3) is 11.8 Å². The number of fused-ring (bicyclic) bond motifs is 1. The molecule has 0 spiro atoms. The maximum atomic E-state index is 13.7. The molecule has 2 aromatic carbocycles. The van der Waals surface area contributed by atoms with E-state index in [-0.39, 0.29) is 30.4 Å². The molecule has 3 aromatic rings. The highest BCUT2D eigenvalue weighted by Gasteiger charge is 2.29. The van der Waals surface area contributed by atoms with Crippen molar-refractivity contribution in [2.45, 2.75) is 25.9 Å². The van der Waals surface area contributed by atoms with Gasteiger partial charge >= 0.3 is 0 Å². The SMILES string of the molecule is Cc1ccccc1C(=O)Nc1ccc(C(=O)N2CCCC(OCC(=O)N3CCN(C)CC3)c3cc(Cl)ccc32)cn1. The first kappa shape index (κ1) is 28.7. The summed E-state index contributed by atoms with van der Waals surface area (Å²) in [6, 6.07) is 16.0. The van der Waals surface area contributed by atoms with Gasteiger partial charge in [0.05, 0.1) is 11.7 Å². The van der Waals surface area contributed by atoms with Crippen LogP contribution in [0.3, 0.4) is 0 Å². The Morgan fingerprint density at radius 1 is 1.02 bits per heavy atom. The minimum atomic E-state index is -0.366. The number of halogens is 1. The molecule has 5 rings (SSSR count). The number of hydrogen-bond acceptors (Lipinski definition) is 6. The highest BCUT2D eigenvalue weighted by atomic mass is 35.5. The molecule has 1 saturated heterocycles. The molecule has 1 atom stereocenters. The minimum absolute atomic E-state index is 0.0200. The van der Waals surface area contributed by atoms with Gasteiger partial charge in [0.2, 0.25) is 5.91 Å². The number of pyridine rings is 1. The number of rotatable bonds is 6. The zero-order chi connectivity index (χ0) is 28.9. The second-order valence-corrected chi connectivity index (χ2v) is 10.9. The van der Waals surface area contributed by atoms with Gasteiger partial charge in [0, 0.05) is 60.8 Å². The first-order valence-electron chi connectivity index (χ1n) is 13.8. The number of amides is 3. The normalized spacial score (nSPS) is 17.5. The summed E-state index contributed by atoms with van der Waals surface area (Å²) in [5.41, 5.74) is 3.30. The molecule has 214 valence electrons. The number of nitrogens with zero attached hydrogens (tertiary/aromatic N) is 4. The Morgan fingerprint density at radius 2 is 1.80 bits per heavy atom. The number of anilines is 2. The molecule has 0 bridgehead atoms. The Balaban J connectivity index is 1.29. The number of carbonyl (C=O) groups is 3. The average Bonchev–Trinajstić information content (AvgIpc) is 3.15. The third-order valence-corrected chi connectivity index (χ3v) is 7.86. The quantitative estimate of drug-likeness (QED) is 0.463. The van der Waals surface area contributed by atoms with Crippen LogP contribution in [0, 0.1) is 6.92 Å². The van der Waals surface area contributed by atoms with Crippen LogP contribution in [0.1, 0.15) is 50.8 Å². The van der Waals surface area contributed by atoms with Crippen LogP contribution in [0.5, 0.6) is 0 Å². The van der Waals surface area contributed by atoms with E-state index in [1.165, 1.54) is 6.20 Å². The van der Waals surface area contributed by atoms with Crippen molar-refractivity contribution in [3.05, 3.63) is 88.1 Å². The van der Waals surface area contributed by atoms with Crippen molar-refractivity contribution in [2.75, 3.05) is 56.6 Å². The topological polar surface area (TPSA) is 95.1 Å². The molecule has 1 aromatic heterocycles. The molecular weight excluding hydrogens is 542 g/mol. The van der Waals surface area contributed by atoms with Crippen molar-refractivity contribution in [1.29, 1.82) is 0 Å². The van der Waals surface area contributed by atoms with E-state index in [4.69, 9.17) is 16.3 Å². The number of piperazine rings is 1. The fraction of sp³-hybridized carbons (Fsp3) is 0.355. The molecule has 1 N–H and O–H groups in total. The number of ether oxygens (including phenoxy) is 1. The van der Waals surface area contributed by atoms with Gasteiger partial charge < -0.3 is 24.8 Å². The van der Waals surface area contributed by atoms with Crippen molar-refractivity contribution >= 4 is 40.8 Å². The fourth-order valence-electron chi connectivity index (χ4n) is 5.20. The van der Waals surface area contributed by atoms with Gasteiger partial charge in [-0.3, -0.25) is 14.4 Å². The lowest BCUT2D eigenvalue weighted by Crippen LogP contribution is -2.48. The van der Waals surface area contributed by atoms with Crippen LogP contribution in [0.2, 0.25) is 5.02 Å². The first-order valence-corrected chi connectivity index (χ1v) is 14.2. The summed E-state index contributed by atoms with van der Waals surface area (Å²) in [5.74, 6) is -0.145. The summed E-state index contributed by atoms with van der Waals surface area (Å²) in [4.78, 5) is 49.2. The average molecular weight is 576 g/mol. The second-order valence-electron chi connectivity index (χ2n) is 10.5. The lowest BCUT2D eigenvalue weighted by Gasteiger charge is -2.32. The standard InChI is InChI=1S/C31H34ClN5O4/c1-21-6-3-4-7-24(21)30(39)34-28-12-9-22(19-33-28)31(40)37-13-5-8-27(25-18-23(32)10-11-26(25)37)41-20-29(38)36-16-14-35(2)15-17-36/h3-4,6-7,9-12,18-19,27H,5,8,13-17,20H2,1-2H3,(H,33,34,39). The van der Waals surface area contributed by atoms with Crippen LogP contribution >= 0.6 is 11.6 Å². The molecule has 9 nitrogen and oxygen atoms in total. The summed E-state index contributed by atoms with van der Waals surface area (Å²) in [7, 11) is 2.05. The zero-order valence-electron chi connectivity index (χ0n) is 23.3. The van der Waals surface area contributed by atoms with Gasteiger partial charge in [-0.25, -0.2) is 4.98 Å². The lowest BCUT2D eigenvalue weighted by molar-refractivity contribution is -0.140. The lowest BCUT2D eigenvalue weighted by atomic mass is 10.0. The van der Waals surface area contributed by atoms with Crippen molar-refractivity contribution in [2.24, 2.45) is 0 Å². The smallest absolute Gasteiger partial charge is 0.259 e. The van der Waals surface area contributed by atoms with Gasteiger partial charge in [0.1, 0.15) is 12.4 Å². The van der Waals surface area contributed by atoms with Crippen molar-refractivity contribution in [3.8, 4) is 0 Å². The highest BCUT2D eigenvalue weighted by Crippen LogP contribution is 2.37. The van der Waals surface area contributed by atoms with Crippen molar-refractivity contribution < 1.29 is 19.1 Å². The number of benzene rings is 2. The number of nitrogens with one attached hydrogen (secondary N) is 1. The molecule has 3 amide bonds. The van der Waals surface area contributed by atoms with Crippen LogP contribution in [-0.4, -0.2) is 78.9 Å². The van der Waals surface area contributed by atoms with E-state index in [9.17, 15) is 14.4 Å². The van der Waals surface area contributed by atoms with Gasteiger partial charge in [-0.2, -0.15) is 0 Å². The Bertz CT molecular complexity index is 1420. The Labute approximate surface area is 245 Å². The molecule has 0 aliphatic carbocycles. The highest BCUT2D eigenvalue weighted by molar-refractivity contribution is 6.30. The molecule has 2 aliphatic heterocycles. The van der Waals surface area contributed by atoms with Gasteiger partial charge in [-0.15, -0.1) is 0 Å². The molecule has 1 fully saturated rings. The summed E-state index contributed by atoms with van der Waals surface area (Å²) >= 11 is 6.37. The number of aromatic nitrogens is 1. The van der Waals surface area contributed by atoms with E-state index in [1.54, 1.807) is 29.2 Å². The van der Waals surface area contributed by atoms with Gasteiger partial charge in [-0.1, -0.05) is 29.8 Å². The minimum Gasteiger partial charge on any atom is -0.364 e. The van der Waals surface area contributed by atoms with E-state index in [2.05, 4.69) is 15.2 Å². The van der Waals surface area contributed by atoms with Gasteiger partial charge in [-0.05, 0) is 68.8 Å². The van der Waals surface area contributed by atoms with E-state index >= 15 is 0 Å². The monoisotopic (exact) mass is 575 g/mol. The van der Waals surface area contributed by atoms with Crippen LogP contribution < -0.4 is 10.2 Å². The Kier molecular flexibility index (Phi) is 8.97. The van der Waals surface area contributed by atoms with Crippen molar-refractivity contribution in [1.82, 2.24) is 14.8 Å². The Hall–Kier alpha value is -3.79. The summed E-state index contributed by atoms with van der Waals surface area (Å²) < 4.78 is 6.16. The predicted octanol–water partition coefficient (Wildman–Crippen LogP) is 4.57. The van der Waals surface area contributed by atoms with E-state index in [1.807, 2.05) is 49.2 Å². The number of likely N-dealkylation sites (N-methyl/N-ethyl adjacent to an activating group) is 1. The molecule has 10 heteroatoms. The number of hydrogen-bond donors (Lipinski definition) is 1. The first-order chi connectivity index (χ1) is 19.8. The number of carbonyl (C=O) groups excluding carboxylic acids is 3. The van der Waals surface area contributed by atoms with E-state index < -0.39 is 0 Å². The van der Waals surface area contributed by atoms with Crippen LogP contribution in [-0.2, 0) is 9.53 Å². The molecule has 0 saturated carbocycles. The molecule has 41 heavy (non-hydrogen) atoms. The van der Waals surface area contributed by atoms with Crippen LogP contribution in [0.4, 0.5) is 11.5 Å². The zero-order valence-corrected chi connectivity index (χ0v) is 24.1. The largest absolute Gasteiger partial charge is 0.364 e. The summed E-state index contributed by atoms with van der Waals surface area (Å²) in [6.45, 7) is 5.41. The second kappa shape index (κ2) is 12.8. The summed E-state index contributed by atoms with van der Waals surface area (Å²) in [6.07, 6.45) is 2.44. The fourth-order valence-corrected chi connectivity index (χ4v) is 5.38. The molecule has 3 heterocycles. The molecule has 1 unspecified atom stereocenters. The Morgan fingerprint density at radius 3 is 2.54 bits per heavy atom. The third kappa shape index (κ3) is 6.75. The van der Waals surface area contributed by atoms with Crippen LogP contribution in [0.25, 0.3) is 0 Å². The van der Waals surface area contributed by atoms with E-state index in [0.29, 0.717) is 60.1 Å². The third-order valence-electron chi connectivity index (χ3n) is 7.63. The van der Waals surface area contributed by atoms with Gasteiger partial charge in [0.15, 0.2) is 0 Å². The maximum absolute atomic E-state index is 13.7. The molecular formula is C31H34ClN5O4. The number of aryl methyl sites for hydroxylation is 1. The van der Waals surface area contributed by atoms with E-state index in [0.717, 1.165) is 24.2 Å². The molecule has 2 aliphatic rings. The maximum Gasteiger partial charge on any atom is 0.259 e. The molecule has 0 radical (unpaired) electrons.